The fraction of sp³-hybridized carbons (Fsp3) is 0.929. The van der Waals surface area contributed by atoms with Crippen molar-refractivity contribution in [2.24, 2.45) is 11.7 Å². The van der Waals surface area contributed by atoms with Crippen molar-refractivity contribution in [2.45, 2.75) is 57.0 Å². The molecule has 0 bridgehead atoms. The molecular formula is C14H26N2O2. The zero-order valence-corrected chi connectivity index (χ0v) is 11.4. The van der Waals surface area contributed by atoms with Crippen LogP contribution in [0.3, 0.4) is 0 Å². The van der Waals surface area contributed by atoms with E-state index in [1.54, 1.807) is 0 Å². The molecule has 3 unspecified atom stereocenters. The van der Waals surface area contributed by atoms with E-state index >= 15 is 0 Å². The zero-order valence-electron chi connectivity index (χ0n) is 11.4. The van der Waals surface area contributed by atoms with Crippen LogP contribution in [0.4, 0.5) is 0 Å². The normalized spacial score (nSPS) is 34.2. The van der Waals surface area contributed by atoms with Gasteiger partial charge in [-0.2, -0.15) is 0 Å². The van der Waals surface area contributed by atoms with Gasteiger partial charge >= 0.3 is 5.97 Å². The average molecular weight is 254 g/mol. The van der Waals surface area contributed by atoms with Crippen LogP contribution in [-0.4, -0.2) is 43.2 Å². The first-order chi connectivity index (χ1) is 8.77. The molecular weight excluding hydrogens is 228 g/mol. The van der Waals surface area contributed by atoms with Crippen molar-refractivity contribution in [3.8, 4) is 0 Å². The summed E-state index contributed by atoms with van der Waals surface area (Å²) >= 11 is 0. The number of hydrogen-bond acceptors (Lipinski definition) is 4. The van der Waals surface area contributed by atoms with Crippen molar-refractivity contribution in [3.63, 3.8) is 0 Å². The molecule has 2 fully saturated rings. The lowest BCUT2D eigenvalue weighted by molar-refractivity contribution is -0.150. The second-order valence-corrected chi connectivity index (χ2v) is 5.62. The van der Waals surface area contributed by atoms with E-state index < -0.39 is 0 Å². The second kappa shape index (κ2) is 6.53. The van der Waals surface area contributed by atoms with Crippen molar-refractivity contribution >= 4 is 5.97 Å². The molecule has 1 aliphatic carbocycles. The van der Waals surface area contributed by atoms with Gasteiger partial charge in [0.05, 0.1) is 7.11 Å². The average Bonchev–Trinajstić information content (AvgIpc) is 2.46. The summed E-state index contributed by atoms with van der Waals surface area (Å²) < 4.78 is 4.97. The Labute approximate surface area is 110 Å². The lowest BCUT2D eigenvalue weighted by Gasteiger charge is -2.44. The van der Waals surface area contributed by atoms with Crippen LogP contribution >= 0.6 is 0 Å². The largest absolute Gasteiger partial charge is 0.468 e. The minimum Gasteiger partial charge on any atom is -0.468 e. The van der Waals surface area contributed by atoms with Gasteiger partial charge in [-0.3, -0.25) is 9.69 Å². The summed E-state index contributed by atoms with van der Waals surface area (Å²) in [4.78, 5) is 14.3. The molecule has 2 aliphatic rings. The van der Waals surface area contributed by atoms with Crippen LogP contribution in [0.5, 0.6) is 0 Å². The first-order valence-electron chi connectivity index (χ1n) is 7.31. The minimum atomic E-state index is -0.0592. The topological polar surface area (TPSA) is 55.6 Å². The van der Waals surface area contributed by atoms with Crippen LogP contribution in [-0.2, 0) is 9.53 Å². The van der Waals surface area contributed by atoms with Crippen LogP contribution in [0, 0.1) is 5.92 Å². The molecule has 2 rings (SSSR count). The molecule has 0 aromatic carbocycles. The van der Waals surface area contributed by atoms with E-state index in [1.807, 2.05) is 0 Å². The highest BCUT2D eigenvalue weighted by Crippen LogP contribution is 2.32. The van der Waals surface area contributed by atoms with E-state index in [9.17, 15) is 4.79 Å². The van der Waals surface area contributed by atoms with Gasteiger partial charge in [-0.1, -0.05) is 19.3 Å². The number of methoxy groups -OCH3 is 1. The third-order valence-electron chi connectivity index (χ3n) is 4.62. The van der Waals surface area contributed by atoms with Gasteiger partial charge in [0, 0.05) is 6.04 Å². The molecule has 1 saturated heterocycles. The predicted molar refractivity (Wildman–Crippen MR) is 71.2 cm³/mol. The standard InChI is InChI=1S/C14H26N2O2/c1-18-14(17)13-8-4-5-9-16(13)12-7-3-2-6-11(12)10-15/h11-13H,2-10,15H2,1H3. The van der Waals surface area contributed by atoms with Crippen molar-refractivity contribution in [2.75, 3.05) is 20.2 Å². The number of likely N-dealkylation sites (tertiary alicyclic amines) is 1. The molecule has 4 nitrogen and oxygen atoms in total. The quantitative estimate of drug-likeness (QED) is 0.776. The number of carbonyl (C=O) groups excluding carboxylic acids is 1. The van der Waals surface area contributed by atoms with Gasteiger partial charge in [0.1, 0.15) is 6.04 Å². The highest BCUT2D eigenvalue weighted by molar-refractivity contribution is 5.75. The van der Waals surface area contributed by atoms with Crippen LogP contribution in [0.1, 0.15) is 44.9 Å². The van der Waals surface area contributed by atoms with E-state index in [2.05, 4.69) is 4.90 Å². The van der Waals surface area contributed by atoms with E-state index in [1.165, 1.54) is 39.2 Å². The number of carbonyl (C=O) groups is 1. The molecule has 3 atom stereocenters. The van der Waals surface area contributed by atoms with E-state index in [-0.39, 0.29) is 12.0 Å². The SMILES string of the molecule is COC(=O)C1CCCCN1C1CCCCC1CN. The van der Waals surface area contributed by atoms with Crippen molar-refractivity contribution in [3.05, 3.63) is 0 Å². The van der Waals surface area contributed by atoms with Crippen LogP contribution in [0.15, 0.2) is 0 Å². The number of nitrogens with two attached hydrogens (primary N) is 1. The number of hydrogen-bond donors (Lipinski definition) is 1. The Kier molecular flexibility index (Phi) is 5.01. The number of rotatable bonds is 3. The molecule has 0 spiro atoms. The van der Waals surface area contributed by atoms with Crippen molar-refractivity contribution < 1.29 is 9.53 Å². The fourth-order valence-corrected chi connectivity index (χ4v) is 3.64. The maximum absolute atomic E-state index is 11.9. The van der Waals surface area contributed by atoms with Crippen LogP contribution < -0.4 is 5.73 Å². The van der Waals surface area contributed by atoms with Crippen molar-refractivity contribution in [1.29, 1.82) is 0 Å². The molecule has 18 heavy (non-hydrogen) atoms. The van der Waals surface area contributed by atoms with E-state index in [0.717, 1.165) is 25.9 Å². The van der Waals surface area contributed by atoms with Gasteiger partial charge < -0.3 is 10.5 Å². The van der Waals surface area contributed by atoms with E-state index in [0.29, 0.717) is 12.0 Å². The summed E-state index contributed by atoms with van der Waals surface area (Å²) in [6, 6.07) is 0.467. The van der Waals surface area contributed by atoms with Gasteiger partial charge in [-0.25, -0.2) is 0 Å². The second-order valence-electron chi connectivity index (χ2n) is 5.62. The summed E-state index contributed by atoms with van der Waals surface area (Å²) in [6.45, 7) is 1.77. The molecule has 1 aliphatic heterocycles. The first kappa shape index (κ1) is 13.8. The van der Waals surface area contributed by atoms with Gasteiger partial charge in [0.15, 0.2) is 0 Å². The Bertz CT molecular complexity index is 283. The summed E-state index contributed by atoms with van der Waals surface area (Å²) in [5.74, 6) is 0.500. The molecule has 1 saturated carbocycles. The predicted octanol–water partition coefficient (Wildman–Crippen LogP) is 1.53. The number of esters is 1. The van der Waals surface area contributed by atoms with Gasteiger partial charge in [0.2, 0.25) is 0 Å². The molecule has 0 aromatic rings. The van der Waals surface area contributed by atoms with E-state index in [4.69, 9.17) is 10.5 Å². The molecule has 4 heteroatoms. The third kappa shape index (κ3) is 2.86. The first-order valence-corrected chi connectivity index (χ1v) is 7.31. The minimum absolute atomic E-state index is 0.0269. The molecule has 2 N–H and O–H groups in total. The molecule has 0 amide bonds. The molecule has 104 valence electrons. The molecule has 0 radical (unpaired) electrons. The summed E-state index contributed by atoms with van der Waals surface area (Å²) in [5.41, 5.74) is 5.91. The summed E-state index contributed by atoms with van der Waals surface area (Å²) in [5, 5.41) is 0. The smallest absolute Gasteiger partial charge is 0.323 e. The van der Waals surface area contributed by atoms with Gasteiger partial charge in [-0.15, -0.1) is 0 Å². The maximum atomic E-state index is 11.9. The Balaban J connectivity index is 2.09. The number of nitrogens with zero attached hydrogens (tertiary/aromatic N) is 1. The summed E-state index contributed by atoms with van der Waals surface area (Å²) in [6.07, 6.45) is 8.24. The van der Waals surface area contributed by atoms with Crippen molar-refractivity contribution in [1.82, 2.24) is 4.90 Å². The van der Waals surface area contributed by atoms with Gasteiger partial charge in [-0.05, 0) is 44.7 Å². The molecule has 0 aromatic heterocycles. The van der Waals surface area contributed by atoms with Crippen LogP contribution in [0.2, 0.25) is 0 Å². The van der Waals surface area contributed by atoms with Crippen LogP contribution in [0.25, 0.3) is 0 Å². The third-order valence-corrected chi connectivity index (χ3v) is 4.62. The number of ether oxygens (including phenoxy) is 1. The summed E-state index contributed by atoms with van der Waals surface area (Å²) in [7, 11) is 1.50. The Morgan fingerprint density at radius 1 is 1.22 bits per heavy atom. The lowest BCUT2D eigenvalue weighted by Crippen LogP contribution is -2.54. The maximum Gasteiger partial charge on any atom is 0.323 e. The highest BCUT2D eigenvalue weighted by Gasteiger charge is 2.38. The fourth-order valence-electron chi connectivity index (χ4n) is 3.64. The lowest BCUT2D eigenvalue weighted by atomic mass is 9.81. The Hall–Kier alpha value is -0.610. The Morgan fingerprint density at radius 2 is 1.94 bits per heavy atom. The molecule has 1 heterocycles. The zero-order chi connectivity index (χ0) is 13.0. The number of piperidine rings is 1. The monoisotopic (exact) mass is 254 g/mol. The Morgan fingerprint density at radius 3 is 2.67 bits per heavy atom. The van der Waals surface area contributed by atoms with Gasteiger partial charge in [0.25, 0.3) is 0 Å². The highest BCUT2D eigenvalue weighted by atomic mass is 16.5.